The van der Waals surface area contributed by atoms with Gasteiger partial charge in [0.15, 0.2) is 0 Å². The van der Waals surface area contributed by atoms with E-state index in [-0.39, 0.29) is 11.9 Å². The van der Waals surface area contributed by atoms with Crippen molar-refractivity contribution >= 4 is 5.91 Å². The third kappa shape index (κ3) is 5.41. The molecule has 1 aromatic carbocycles. The van der Waals surface area contributed by atoms with Gasteiger partial charge >= 0.3 is 0 Å². The van der Waals surface area contributed by atoms with Gasteiger partial charge in [-0.15, -0.1) is 0 Å². The van der Waals surface area contributed by atoms with E-state index >= 15 is 0 Å². The first-order chi connectivity index (χ1) is 9.04. The molecule has 4 heteroatoms. The highest BCUT2D eigenvalue weighted by Gasteiger charge is 2.08. The summed E-state index contributed by atoms with van der Waals surface area (Å²) in [5.74, 6) is 0.482. The molecule has 0 aliphatic heterocycles. The van der Waals surface area contributed by atoms with Crippen LogP contribution in [0.4, 0.5) is 0 Å². The van der Waals surface area contributed by atoms with E-state index in [1.54, 1.807) is 7.11 Å². The van der Waals surface area contributed by atoms with Gasteiger partial charge in [-0.25, -0.2) is 0 Å². The fraction of sp³-hybridized carbons (Fsp3) is 0.533. The van der Waals surface area contributed by atoms with E-state index in [0.717, 1.165) is 5.56 Å². The third-order valence-electron chi connectivity index (χ3n) is 3.08. The molecule has 4 nitrogen and oxygen atoms in total. The lowest BCUT2D eigenvalue weighted by atomic mass is 9.99. The fourth-order valence-corrected chi connectivity index (χ4v) is 1.75. The quantitative estimate of drug-likeness (QED) is 0.791. The first-order valence-corrected chi connectivity index (χ1v) is 6.65. The van der Waals surface area contributed by atoms with Crippen molar-refractivity contribution < 1.29 is 9.53 Å². The molecule has 0 bridgehead atoms. The van der Waals surface area contributed by atoms with Crippen LogP contribution in [0.2, 0.25) is 0 Å². The summed E-state index contributed by atoms with van der Waals surface area (Å²) in [5.41, 5.74) is 8.38. The van der Waals surface area contributed by atoms with Crippen LogP contribution in [0.15, 0.2) is 24.3 Å². The van der Waals surface area contributed by atoms with Gasteiger partial charge in [0.25, 0.3) is 0 Å². The average molecular weight is 264 g/mol. The Kier molecular flexibility index (Phi) is 6.53. The molecule has 1 amide bonds. The van der Waals surface area contributed by atoms with E-state index in [1.807, 2.05) is 12.1 Å². The molecule has 19 heavy (non-hydrogen) atoms. The standard InChI is InChI=1S/C15H24N2O2/c1-11(2)12-4-6-13(7-5-12)14(16)10-17-15(18)8-9-19-3/h4-7,11,14H,8-10,16H2,1-3H3,(H,17,18). The number of carbonyl (C=O) groups is 1. The number of rotatable bonds is 7. The number of benzene rings is 1. The number of carbonyl (C=O) groups excluding carboxylic acids is 1. The van der Waals surface area contributed by atoms with Crippen LogP contribution in [0.3, 0.4) is 0 Å². The second-order valence-electron chi connectivity index (χ2n) is 4.97. The van der Waals surface area contributed by atoms with E-state index in [9.17, 15) is 4.79 Å². The summed E-state index contributed by atoms with van der Waals surface area (Å²) in [7, 11) is 1.58. The largest absolute Gasteiger partial charge is 0.384 e. The highest BCUT2D eigenvalue weighted by molar-refractivity contribution is 5.76. The lowest BCUT2D eigenvalue weighted by Crippen LogP contribution is -2.32. The number of ether oxygens (including phenoxy) is 1. The minimum Gasteiger partial charge on any atom is -0.384 e. The molecule has 0 spiro atoms. The molecule has 0 fully saturated rings. The Hall–Kier alpha value is -1.39. The maximum Gasteiger partial charge on any atom is 0.222 e. The van der Waals surface area contributed by atoms with Gasteiger partial charge in [0.2, 0.25) is 5.91 Å². The fourth-order valence-electron chi connectivity index (χ4n) is 1.75. The maximum absolute atomic E-state index is 11.4. The summed E-state index contributed by atoms with van der Waals surface area (Å²) >= 11 is 0. The molecular formula is C15H24N2O2. The molecule has 3 N–H and O–H groups in total. The molecule has 106 valence electrons. The average Bonchev–Trinajstić information content (AvgIpc) is 2.42. The Labute approximate surface area is 115 Å². The minimum absolute atomic E-state index is 0.0314. The van der Waals surface area contributed by atoms with Gasteiger partial charge in [-0.3, -0.25) is 4.79 Å². The summed E-state index contributed by atoms with van der Waals surface area (Å²) in [6.07, 6.45) is 0.371. The Morgan fingerprint density at radius 1 is 1.26 bits per heavy atom. The van der Waals surface area contributed by atoms with E-state index in [2.05, 4.69) is 31.3 Å². The van der Waals surface area contributed by atoms with Gasteiger partial charge in [-0.1, -0.05) is 38.1 Å². The Bertz CT molecular complexity index is 388. The smallest absolute Gasteiger partial charge is 0.222 e. The number of hydrogen-bond acceptors (Lipinski definition) is 3. The summed E-state index contributed by atoms with van der Waals surface area (Å²) in [4.78, 5) is 11.4. The van der Waals surface area contributed by atoms with Gasteiger partial charge in [-0.05, 0) is 17.0 Å². The molecule has 1 rings (SSSR count). The Morgan fingerprint density at radius 3 is 2.37 bits per heavy atom. The molecule has 1 aromatic rings. The van der Waals surface area contributed by atoms with Gasteiger partial charge < -0.3 is 15.8 Å². The number of nitrogens with one attached hydrogen (secondary N) is 1. The van der Waals surface area contributed by atoms with E-state index in [4.69, 9.17) is 10.5 Å². The Morgan fingerprint density at radius 2 is 1.84 bits per heavy atom. The number of nitrogens with two attached hydrogens (primary N) is 1. The molecule has 0 aliphatic rings. The number of amides is 1. The van der Waals surface area contributed by atoms with Crippen molar-refractivity contribution in [1.82, 2.24) is 5.32 Å². The summed E-state index contributed by atoms with van der Waals surface area (Å²) < 4.78 is 4.85. The van der Waals surface area contributed by atoms with Crippen LogP contribution in [-0.4, -0.2) is 26.2 Å². The zero-order chi connectivity index (χ0) is 14.3. The lowest BCUT2D eigenvalue weighted by molar-refractivity contribution is -0.122. The summed E-state index contributed by atoms with van der Waals surface area (Å²) in [6, 6.07) is 8.06. The van der Waals surface area contributed by atoms with Crippen molar-refractivity contribution in [3.8, 4) is 0 Å². The maximum atomic E-state index is 11.4. The first-order valence-electron chi connectivity index (χ1n) is 6.65. The minimum atomic E-state index is -0.173. The van der Waals surface area contributed by atoms with E-state index in [0.29, 0.717) is 25.5 Å². The van der Waals surface area contributed by atoms with Gasteiger partial charge in [0.1, 0.15) is 0 Å². The second-order valence-corrected chi connectivity index (χ2v) is 4.97. The predicted octanol–water partition coefficient (Wildman–Crippen LogP) is 1.96. The van der Waals surface area contributed by atoms with Crippen LogP contribution in [0, 0.1) is 0 Å². The lowest BCUT2D eigenvalue weighted by Gasteiger charge is -2.14. The summed E-state index contributed by atoms with van der Waals surface area (Å²) in [5, 5.41) is 2.81. The van der Waals surface area contributed by atoms with Crippen molar-refractivity contribution in [3.63, 3.8) is 0 Å². The van der Waals surface area contributed by atoms with Gasteiger partial charge in [0.05, 0.1) is 6.61 Å². The topological polar surface area (TPSA) is 64.3 Å². The van der Waals surface area contributed by atoms with Crippen LogP contribution in [-0.2, 0) is 9.53 Å². The summed E-state index contributed by atoms with van der Waals surface area (Å²) in [6.45, 7) is 5.20. The molecule has 0 heterocycles. The third-order valence-corrected chi connectivity index (χ3v) is 3.08. The zero-order valence-corrected chi connectivity index (χ0v) is 12.0. The molecular weight excluding hydrogens is 240 g/mol. The van der Waals surface area contributed by atoms with E-state index < -0.39 is 0 Å². The highest BCUT2D eigenvalue weighted by Crippen LogP contribution is 2.17. The monoisotopic (exact) mass is 264 g/mol. The zero-order valence-electron chi connectivity index (χ0n) is 12.0. The van der Waals surface area contributed by atoms with Crippen molar-refractivity contribution in [2.24, 2.45) is 5.73 Å². The van der Waals surface area contributed by atoms with Crippen molar-refractivity contribution in [2.45, 2.75) is 32.2 Å². The van der Waals surface area contributed by atoms with Crippen LogP contribution < -0.4 is 11.1 Å². The van der Waals surface area contributed by atoms with Gasteiger partial charge in [0, 0.05) is 26.1 Å². The molecule has 0 saturated heterocycles. The van der Waals surface area contributed by atoms with Crippen LogP contribution in [0.1, 0.15) is 43.4 Å². The molecule has 0 radical (unpaired) electrons. The normalized spacial score (nSPS) is 12.5. The van der Waals surface area contributed by atoms with Crippen LogP contribution in [0.25, 0.3) is 0 Å². The number of hydrogen-bond donors (Lipinski definition) is 2. The van der Waals surface area contributed by atoms with Crippen LogP contribution in [0.5, 0.6) is 0 Å². The van der Waals surface area contributed by atoms with Crippen molar-refractivity contribution in [3.05, 3.63) is 35.4 Å². The molecule has 0 aromatic heterocycles. The van der Waals surface area contributed by atoms with Crippen LogP contribution >= 0.6 is 0 Å². The van der Waals surface area contributed by atoms with Crippen molar-refractivity contribution in [1.29, 1.82) is 0 Å². The molecule has 1 atom stereocenters. The Balaban J connectivity index is 2.44. The molecule has 0 aliphatic carbocycles. The molecule has 1 unspecified atom stereocenters. The second kappa shape index (κ2) is 7.92. The predicted molar refractivity (Wildman–Crippen MR) is 77.0 cm³/mol. The SMILES string of the molecule is COCCC(=O)NCC(N)c1ccc(C(C)C)cc1. The van der Waals surface area contributed by atoms with E-state index in [1.165, 1.54) is 5.56 Å². The van der Waals surface area contributed by atoms with Gasteiger partial charge in [-0.2, -0.15) is 0 Å². The number of methoxy groups -OCH3 is 1. The van der Waals surface area contributed by atoms with Crippen molar-refractivity contribution in [2.75, 3.05) is 20.3 Å². The highest BCUT2D eigenvalue weighted by atomic mass is 16.5. The first kappa shape index (κ1) is 15.7. The molecule has 0 saturated carbocycles.